The molecule has 5 nitrogen and oxygen atoms in total. The SMILES string of the molecule is CCCCCC=CCC=CCCCCCCCC#CC(=O)On1c(O)ccc1O. The summed E-state index contributed by atoms with van der Waals surface area (Å²) >= 11 is 0. The highest BCUT2D eigenvalue weighted by Crippen LogP contribution is 2.18. The third-order valence-corrected chi connectivity index (χ3v) is 4.41. The van der Waals surface area contributed by atoms with Crippen molar-refractivity contribution in [2.45, 2.75) is 84.0 Å². The van der Waals surface area contributed by atoms with Crippen LogP contribution in [0.25, 0.3) is 0 Å². The molecular weight excluding hydrogens is 366 g/mol. The van der Waals surface area contributed by atoms with E-state index in [0.29, 0.717) is 11.2 Å². The zero-order chi connectivity index (χ0) is 21.2. The molecule has 160 valence electrons. The maximum atomic E-state index is 11.5. The fraction of sp³-hybridized carbons (Fsp3) is 0.542. The Bertz CT molecular complexity index is 672. The quantitative estimate of drug-likeness (QED) is 0.239. The number of carbonyl (C=O) groups excluding carboxylic acids is 1. The minimum Gasteiger partial charge on any atom is -0.492 e. The lowest BCUT2D eigenvalue weighted by Crippen LogP contribution is -2.16. The minimum atomic E-state index is -0.811. The highest BCUT2D eigenvalue weighted by Gasteiger charge is 2.09. The summed E-state index contributed by atoms with van der Waals surface area (Å²) < 4.78 is 0.634. The van der Waals surface area contributed by atoms with E-state index < -0.39 is 5.97 Å². The molecule has 0 spiro atoms. The van der Waals surface area contributed by atoms with Crippen LogP contribution in [-0.2, 0) is 4.79 Å². The highest BCUT2D eigenvalue weighted by molar-refractivity contribution is 5.88. The number of carbonyl (C=O) groups is 1. The van der Waals surface area contributed by atoms with E-state index in [4.69, 9.17) is 4.84 Å². The van der Waals surface area contributed by atoms with E-state index in [9.17, 15) is 15.0 Å². The second-order valence-electron chi connectivity index (χ2n) is 7.01. The molecule has 0 saturated heterocycles. The molecule has 0 atom stereocenters. The second-order valence-corrected chi connectivity index (χ2v) is 7.01. The molecule has 29 heavy (non-hydrogen) atoms. The average Bonchev–Trinajstić information content (AvgIpc) is 3.02. The van der Waals surface area contributed by atoms with Crippen LogP contribution in [0.3, 0.4) is 0 Å². The number of rotatable bonds is 14. The summed E-state index contributed by atoms with van der Waals surface area (Å²) in [5.74, 6) is 3.60. The number of aromatic nitrogens is 1. The van der Waals surface area contributed by atoms with Crippen molar-refractivity contribution in [1.82, 2.24) is 4.73 Å². The zero-order valence-electron chi connectivity index (χ0n) is 17.6. The van der Waals surface area contributed by atoms with Crippen LogP contribution in [0.2, 0.25) is 0 Å². The Morgan fingerprint density at radius 3 is 2.17 bits per heavy atom. The van der Waals surface area contributed by atoms with Crippen molar-refractivity contribution in [1.29, 1.82) is 0 Å². The molecular formula is C24H35NO4. The molecule has 1 aromatic rings. The first-order chi connectivity index (χ1) is 14.1. The van der Waals surface area contributed by atoms with Crippen molar-refractivity contribution in [2.24, 2.45) is 0 Å². The summed E-state index contributed by atoms with van der Waals surface area (Å²) in [7, 11) is 0. The molecule has 2 N–H and O–H groups in total. The van der Waals surface area contributed by atoms with Gasteiger partial charge in [0, 0.05) is 24.5 Å². The summed E-state index contributed by atoms with van der Waals surface area (Å²) in [6.07, 6.45) is 22.6. The van der Waals surface area contributed by atoms with E-state index in [2.05, 4.69) is 43.1 Å². The molecule has 0 amide bonds. The molecule has 0 aliphatic heterocycles. The lowest BCUT2D eigenvalue weighted by Gasteiger charge is -2.02. The number of nitrogens with zero attached hydrogens (tertiary/aromatic N) is 1. The average molecular weight is 402 g/mol. The van der Waals surface area contributed by atoms with Crippen LogP contribution >= 0.6 is 0 Å². The Morgan fingerprint density at radius 2 is 1.52 bits per heavy atom. The van der Waals surface area contributed by atoms with Crippen molar-refractivity contribution in [2.75, 3.05) is 0 Å². The van der Waals surface area contributed by atoms with E-state index in [0.717, 1.165) is 25.7 Å². The van der Waals surface area contributed by atoms with Crippen LogP contribution in [0, 0.1) is 11.8 Å². The van der Waals surface area contributed by atoms with Gasteiger partial charge in [0.1, 0.15) is 0 Å². The van der Waals surface area contributed by atoms with E-state index in [1.54, 1.807) is 0 Å². The van der Waals surface area contributed by atoms with E-state index in [-0.39, 0.29) is 11.8 Å². The summed E-state index contributed by atoms with van der Waals surface area (Å²) in [6.45, 7) is 2.23. The number of allylic oxidation sites excluding steroid dienone is 4. The summed E-state index contributed by atoms with van der Waals surface area (Å²) in [4.78, 5) is 16.3. The molecule has 5 heteroatoms. The lowest BCUT2D eigenvalue weighted by atomic mass is 10.1. The largest absolute Gasteiger partial charge is 0.492 e. The van der Waals surface area contributed by atoms with Gasteiger partial charge in [-0.3, -0.25) is 0 Å². The van der Waals surface area contributed by atoms with Crippen molar-refractivity contribution in [3.63, 3.8) is 0 Å². The van der Waals surface area contributed by atoms with Gasteiger partial charge in [-0.15, -0.1) is 4.73 Å². The van der Waals surface area contributed by atoms with Gasteiger partial charge < -0.3 is 15.1 Å². The predicted molar refractivity (Wildman–Crippen MR) is 116 cm³/mol. The normalized spacial score (nSPS) is 11.1. The van der Waals surface area contributed by atoms with Crippen molar-refractivity contribution < 1.29 is 19.8 Å². The van der Waals surface area contributed by atoms with Gasteiger partial charge in [-0.2, -0.15) is 0 Å². The number of hydrogen-bond acceptors (Lipinski definition) is 4. The van der Waals surface area contributed by atoms with Crippen LogP contribution in [0.15, 0.2) is 36.4 Å². The molecule has 1 aromatic heterocycles. The molecule has 0 fully saturated rings. The van der Waals surface area contributed by atoms with Gasteiger partial charge >= 0.3 is 5.97 Å². The van der Waals surface area contributed by atoms with Crippen LogP contribution in [0.1, 0.15) is 84.0 Å². The first-order valence-corrected chi connectivity index (χ1v) is 10.8. The Balaban J connectivity index is 1.95. The third kappa shape index (κ3) is 12.5. The van der Waals surface area contributed by atoms with Gasteiger partial charge in [0.15, 0.2) is 0 Å². The molecule has 0 unspecified atom stereocenters. The predicted octanol–water partition coefficient (Wildman–Crippen LogP) is 5.67. The molecule has 1 heterocycles. The van der Waals surface area contributed by atoms with Gasteiger partial charge in [-0.05, 0) is 38.5 Å². The molecule has 0 radical (unpaired) electrons. The van der Waals surface area contributed by atoms with Gasteiger partial charge in [0.05, 0.1) is 0 Å². The molecule has 0 aliphatic rings. The first-order valence-electron chi connectivity index (χ1n) is 10.8. The monoisotopic (exact) mass is 401 g/mol. The third-order valence-electron chi connectivity index (χ3n) is 4.41. The van der Waals surface area contributed by atoms with Crippen LogP contribution < -0.4 is 4.84 Å². The second kappa shape index (κ2) is 16.4. The zero-order valence-corrected chi connectivity index (χ0v) is 17.6. The molecule has 0 bridgehead atoms. The van der Waals surface area contributed by atoms with Crippen LogP contribution in [-0.4, -0.2) is 20.9 Å². The van der Waals surface area contributed by atoms with Crippen molar-refractivity contribution in [3.8, 4) is 23.6 Å². The van der Waals surface area contributed by atoms with Gasteiger partial charge in [0.25, 0.3) is 0 Å². The Kier molecular flexibility index (Phi) is 13.8. The van der Waals surface area contributed by atoms with E-state index >= 15 is 0 Å². The van der Waals surface area contributed by atoms with Gasteiger partial charge in [-0.25, -0.2) is 4.79 Å². The topological polar surface area (TPSA) is 71.7 Å². The lowest BCUT2D eigenvalue weighted by molar-refractivity contribution is -0.138. The van der Waals surface area contributed by atoms with Crippen molar-refractivity contribution in [3.05, 3.63) is 36.4 Å². The summed E-state index contributed by atoms with van der Waals surface area (Å²) in [5.41, 5.74) is 0. The Hall–Kier alpha value is -2.61. The fourth-order valence-corrected chi connectivity index (χ4v) is 2.76. The van der Waals surface area contributed by atoms with Crippen LogP contribution in [0.5, 0.6) is 11.8 Å². The molecule has 0 aliphatic carbocycles. The molecule has 0 aromatic carbocycles. The standard InChI is InChI=1S/C24H35NO4/c1-2-3-4-5-6-7-8-9-10-11-12-13-14-15-16-17-18-19-24(28)29-25-22(26)20-21-23(25)27/h6-7,9-10,20-21,26-27H,2-5,8,11-17H2,1H3. The van der Waals surface area contributed by atoms with Crippen LogP contribution in [0.4, 0.5) is 0 Å². The van der Waals surface area contributed by atoms with Gasteiger partial charge in [-0.1, -0.05) is 69.3 Å². The Morgan fingerprint density at radius 1 is 0.931 bits per heavy atom. The highest BCUT2D eigenvalue weighted by atomic mass is 16.7. The van der Waals surface area contributed by atoms with Gasteiger partial charge in [0.2, 0.25) is 11.8 Å². The van der Waals surface area contributed by atoms with E-state index in [1.807, 2.05) is 0 Å². The molecule has 1 rings (SSSR count). The molecule has 0 saturated carbocycles. The van der Waals surface area contributed by atoms with E-state index in [1.165, 1.54) is 57.1 Å². The number of aromatic hydroxyl groups is 2. The number of hydrogen-bond donors (Lipinski definition) is 2. The maximum absolute atomic E-state index is 11.5. The summed E-state index contributed by atoms with van der Waals surface area (Å²) in [5, 5.41) is 18.7. The summed E-state index contributed by atoms with van der Waals surface area (Å²) in [6, 6.07) is 2.44. The number of unbranched alkanes of at least 4 members (excludes halogenated alkanes) is 9. The van der Waals surface area contributed by atoms with Crippen molar-refractivity contribution >= 4 is 5.97 Å². The fourth-order valence-electron chi connectivity index (χ4n) is 2.76. The smallest absolute Gasteiger partial charge is 0.409 e. The first kappa shape index (κ1) is 24.4. The maximum Gasteiger partial charge on any atom is 0.409 e. The minimum absolute atomic E-state index is 0.355. The Labute approximate surface area is 175 Å².